The van der Waals surface area contributed by atoms with E-state index in [0.29, 0.717) is 11.1 Å². The third kappa shape index (κ3) is 2.98. The fourth-order valence-electron chi connectivity index (χ4n) is 4.16. The van der Waals surface area contributed by atoms with Crippen LogP contribution in [0.1, 0.15) is 72.3 Å². The predicted molar refractivity (Wildman–Crippen MR) is 88.7 cm³/mol. The van der Waals surface area contributed by atoms with Crippen LogP contribution in [0.2, 0.25) is 0 Å². The second kappa shape index (κ2) is 6.00. The molecule has 1 unspecified atom stereocenters. The Morgan fingerprint density at radius 3 is 2.72 bits per heavy atom. The Kier molecular flexibility index (Phi) is 4.25. The van der Waals surface area contributed by atoms with Gasteiger partial charge in [-0.1, -0.05) is 26.8 Å². The van der Waals surface area contributed by atoms with Gasteiger partial charge in [0.25, 0.3) is 6.43 Å². The number of aromatic nitrogens is 2. The molecule has 1 aliphatic carbocycles. The van der Waals surface area contributed by atoms with Crippen molar-refractivity contribution >= 4 is 5.78 Å². The Morgan fingerprint density at radius 2 is 2.08 bits per heavy atom. The third-order valence-electron chi connectivity index (χ3n) is 4.99. The lowest BCUT2D eigenvalue weighted by molar-refractivity contribution is 0.0977. The van der Waals surface area contributed by atoms with Gasteiger partial charge >= 0.3 is 0 Å². The highest BCUT2D eigenvalue weighted by molar-refractivity contribution is 5.98. The molecule has 0 aliphatic heterocycles. The molecule has 1 heterocycles. The average Bonchev–Trinajstić information content (AvgIpc) is 3.00. The van der Waals surface area contributed by atoms with Gasteiger partial charge in [0.15, 0.2) is 5.78 Å². The summed E-state index contributed by atoms with van der Waals surface area (Å²) in [4.78, 5) is 12.6. The number of rotatable bonds is 4. The first-order valence-electron chi connectivity index (χ1n) is 8.28. The molecule has 0 bridgehead atoms. The van der Waals surface area contributed by atoms with Crippen molar-refractivity contribution in [3.8, 4) is 0 Å². The molecule has 0 amide bonds. The molecule has 6 heteroatoms. The van der Waals surface area contributed by atoms with Gasteiger partial charge in [0.2, 0.25) is 0 Å². The van der Waals surface area contributed by atoms with Crippen molar-refractivity contribution in [3.63, 3.8) is 0 Å². The van der Waals surface area contributed by atoms with Gasteiger partial charge in [0.1, 0.15) is 11.5 Å². The number of benzene rings is 1. The maximum atomic E-state index is 14.4. The average molecular weight is 350 g/mol. The van der Waals surface area contributed by atoms with Crippen LogP contribution in [-0.2, 0) is 18.9 Å². The number of carbonyl (C=O) groups is 1. The SMILES string of the molecule is CC1CC(C)(C)c2c(F)ccc(CC(=O)c3cn(C)nc3C(F)F)c21. The molecule has 2 aromatic rings. The van der Waals surface area contributed by atoms with E-state index in [4.69, 9.17) is 0 Å². The summed E-state index contributed by atoms with van der Waals surface area (Å²) in [5, 5.41) is 3.68. The van der Waals surface area contributed by atoms with Crippen molar-refractivity contribution in [1.29, 1.82) is 0 Å². The van der Waals surface area contributed by atoms with Gasteiger partial charge in [-0.15, -0.1) is 0 Å². The number of alkyl halides is 2. The smallest absolute Gasteiger partial charge is 0.282 e. The van der Waals surface area contributed by atoms with E-state index < -0.39 is 17.9 Å². The number of hydrogen-bond acceptors (Lipinski definition) is 2. The van der Waals surface area contributed by atoms with E-state index in [1.807, 2.05) is 20.8 Å². The van der Waals surface area contributed by atoms with E-state index in [2.05, 4.69) is 5.10 Å². The number of fused-ring (bicyclic) bond motifs is 1. The Labute approximate surface area is 144 Å². The molecular weight excluding hydrogens is 329 g/mol. The van der Waals surface area contributed by atoms with E-state index >= 15 is 0 Å². The minimum absolute atomic E-state index is 0.0333. The highest BCUT2D eigenvalue weighted by Gasteiger charge is 2.39. The summed E-state index contributed by atoms with van der Waals surface area (Å²) in [5.74, 6) is -0.573. The number of Topliss-reactive ketones (excluding diaryl/α,β-unsaturated/α-hetero) is 1. The van der Waals surface area contributed by atoms with Gasteiger partial charge in [-0.3, -0.25) is 9.48 Å². The van der Waals surface area contributed by atoms with Gasteiger partial charge in [0, 0.05) is 19.7 Å². The molecule has 3 rings (SSSR count). The van der Waals surface area contributed by atoms with Crippen LogP contribution in [0, 0.1) is 5.82 Å². The molecule has 0 spiro atoms. The van der Waals surface area contributed by atoms with Crippen LogP contribution in [0.5, 0.6) is 0 Å². The Balaban J connectivity index is 2.01. The van der Waals surface area contributed by atoms with Gasteiger partial charge in [-0.25, -0.2) is 13.2 Å². The fourth-order valence-corrected chi connectivity index (χ4v) is 4.16. The standard InChI is InChI=1S/C19H21F3N2O/c1-10-8-19(2,3)16-13(20)6-5-11(15(10)16)7-14(25)12-9-24(4)23-17(12)18(21)22/h5-6,9-10,18H,7-8H2,1-4H3. The van der Waals surface area contributed by atoms with E-state index in [1.165, 1.54) is 24.0 Å². The van der Waals surface area contributed by atoms with Crippen molar-refractivity contribution in [1.82, 2.24) is 9.78 Å². The third-order valence-corrected chi connectivity index (χ3v) is 4.99. The molecule has 1 atom stereocenters. The van der Waals surface area contributed by atoms with Crippen LogP contribution >= 0.6 is 0 Å². The second-order valence-corrected chi connectivity index (χ2v) is 7.49. The molecule has 1 aromatic carbocycles. The van der Waals surface area contributed by atoms with Crippen molar-refractivity contribution in [3.05, 3.63) is 52.1 Å². The van der Waals surface area contributed by atoms with Crippen LogP contribution in [0.15, 0.2) is 18.3 Å². The summed E-state index contributed by atoms with van der Waals surface area (Å²) >= 11 is 0. The largest absolute Gasteiger partial charge is 0.294 e. The summed E-state index contributed by atoms with van der Waals surface area (Å²) in [7, 11) is 1.50. The predicted octanol–water partition coefficient (Wildman–Crippen LogP) is 4.71. The fraction of sp³-hybridized carbons (Fsp3) is 0.474. The molecule has 0 radical (unpaired) electrons. The van der Waals surface area contributed by atoms with Crippen molar-refractivity contribution < 1.29 is 18.0 Å². The lowest BCUT2D eigenvalue weighted by atomic mass is 9.85. The monoisotopic (exact) mass is 350 g/mol. The van der Waals surface area contributed by atoms with E-state index in [9.17, 15) is 18.0 Å². The molecule has 25 heavy (non-hydrogen) atoms. The lowest BCUT2D eigenvalue weighted by Gasteiger charge is -2.20. The Morgan fingerprint density at radius 1 is 1.40 bits per heavy atom. The molecule has 0 saturated heterocycles. The highest BCUT2D eigenvalue weighted by atomic mass is 19.3. The summed E-state index contributed by atoms with van der Waals surface area (Å²) in [5.41, 5.74) is 1.33. The van der Waals surface area contributed by atoms with Crippen LogP contribution in [-0.4, -0.2) is 15.6 Å². The molecule has 0 fully saturated rings. The number of nitrogens with zero attached hydrogens (tertiary/aromatic N) is 2. The zero-order valence-electron chi connectivity index (χ0n) is 14.7. The van der Waals surface area contributed by atoms with E-state index in [1.54, 1.807) is 6.07 Å². The zero-order chi connectivity index (χ0) is 18.5. The van der Waals surface area contributed by atoms with E-state index in [0.717, 1.165) is 12.0 Å². The highest BCUT2D eigenvalue weighted by Crippen LogP contribution is 2.48. The zero-order valence-corrected chi connectivity index (χ0v) is 14.7. The molecule has 1 aromatic heterocycles. The molecule has 0 saturated carbocycles. The number of hydrogen-bond donors (Lipinski definition) is 0. The first-order valence-corrected chi connectivity index (χ1v) is 8.28. The summed E-state index contributed by atoms with van der Waals surface area (Å²) in [6, 6.07) is 2.97. The molecule has 0 N–H and O–H groups in total. The molecule has 3 nitrogen and oxygen atoms in total. The molecular formula is C19H21F3N2O. The van der Waals surface area contributed by atoms with E-state index in [-0.39, 0.29) is 29.1 Å². The minimum Gasteiger partial charge on any atom is -0.294 e. The van der Waals surface area contributed by atoms with Crippen molar-refractivity contribution in [2.24, 2.45) is 7.05 Å². The van der Waals surface area contributed by atoms with Gasteiger partial charge < -0.3 is 0 Å². The summed E-state index contributed by atoms with van der Waals surface area (Å²) in [6.45, 7) is 5.98. The molecule has 1 aliphatic rings. The molecule has 134 valence electrons. The number of halogens is 3. The maximum absolute atomic E-state index is 14.4. The lowest BCUT2D eigenvalue weighted by Crippen LogP contribution is -2.15. The Hall–Kier alpha value is -2.11. The number of carbonyl (C=O) groups excluding carboxylic acids is 1. The van der Waals surface area contributed by atoms with Crippen molar-refractivity contribution in [2.75, 3.05) is 0 Å². The summed E-state index contributed by atoms with van der Waals surface area (Å²) < 4.78 is 41.8. The van der Waals surface area contributed by atoms with Gasteiger partial charge in [0.05, 0.1) is 5.56 Å². The van der Waals surface area contributed by atoms with Crippen molar-refractivity contribution in [2.45, 2.75) is 51.4 Å². The topological polar surface area (TPSA) is 34.9 Å². The van der Waals surface area contributed by atoms with Crippen LogP contribution < -0.4 is 0 Å². The van der Waals surface area contributed by atoms with Gasteiger partial charge in [-0.05, 0) is 40.5 Å². The normalized spacial score (nSPS) is 18.6. The van der Waals surface area contributed by atoms with Gasteiger partial charge in [-0.2, -0.15) is 5.10 Å². The first-order chi connectivity index (χ1) is 11.6. The number of ketones is 1. The van der Waals surface area contributed by atoms with Crippen LogP contribution in [0.4, 0.5) is 13.2 Å². The van der Waals surface area contributed by atoms with Crippen LogP contribution in [0.25, 0.3) is 0 Å². The number of aryl methyl sites for hydroxylation is 1. The first kappa shape index (κ1) is 17.7. The Bertz CT molecular complexity index is 839. The second-order valence-electron chi connectivity index (χ2n) is 7.49. The van der Waals surface area contributed by atoms with Crippen LogP contribution in [0.3, 0.4) is 0 Å². The minimum atomic E-state index is -2.81. The maximum Gasteiger partial charge on any atom is 0.282 e. The summed E-state index contributed by atoms with van der Waals surface area (Å²) in [6.07, 6.45) is -0.730. The quantitative estimate of drug-likeness (QED) is 0.749.